The molecule has 2 amide bonds. The van der Waals surface area contributed by atoms with Crippen molar-refractivity contribution in [3.05, 3.63) is 54.1 Å². The minimum Gasteiger partial charge on any atom is -0.445 e. The fraction of sp³-hybridized carbons (Fsp3) is 0.421. The average Bonchev–Trinajstić information content (AvgIpc) is 3.11. The first kappa shape index (κ1) is 18.0. The first-order chi connectivity index (χ1) is 12.6. The second-order valence-electron chi connectivity index (χ2n) is 6.54. The molecule has 0 unspecified atom stereocenters. The van der Waals surface area contributed by atoms with Gasteiger partial charge in [-0.1, -0.05) is 30.3 Å². The van der Waals surface area contributed by atoms with Crippen molar-refractivity contribution in [2.75, 3.05) is 19.6 Å². The number of aryl methyl sites for hydroxylation is 1. The number of likely N-dealkylation sites (tertiary alicyclic amines) is 1. The summed E-state index contributed by atoms with van der Waals surface area (Å²) in [5.41, 5.74) is 0.979. The van der Waals surface area contributed by atoms with Crippen LogP contribution < -0.4 is 5.32 Å². The number of hydrogen-bond acceptors (Lipinski definition) is 4. The van der Waals surface area contributed by atoms with Gasteiger partial charge in [0, 0.05) is 39.1 Å². The Morgan fingerprint density at radius 3 is 2.62 bits per heavy atom. The van der Waals surface area contributed by atoms with Crippen LogP contribution in [0.3, 0.4) is 0 Å². The van der Waals surface area contributed by atoms with Crippen molar-refractivity contribution < 1.29 is 14.3 Å². The first-order valence-corrected chi connectivity index (χ1v) is 8.84. The zero-order chi connectivity index (χ0) is 18.4. The summed E-state index contributed by atoms with van der Waals surface area (Å²) in [7, 11) is 1.79. The van der Waals surface area contributed by atoms with Crippen LogP contribution in [0.25, 0.3) is 0 Å². The molecule has 0 atom stereocenters. The number of ether oxygens (including phenoxy) is 1. The number of nitrogens with zero attached hydrogens (tertiary/aromatic N) is 3. The van der Waals surface area contributed by atoms with Crippen molar-refractivity contribution >= 4 is 12.0 Å². The van der Waals surface area contributed by atoms with Crippen LogP contribution in [0.2, 0.25) is 0 Å². The smallest absolute Gasteiger partial charge is 0.410 e. The van der Waals surface area contributed by atoms with Crippen molar-refractivity contribution in [1.29, 1.82) is 0 Å². The maximum atomic E-state index is 12.2. The molecular formula is C19H24N4O3. The number of carbonyl (C=O) groups excluding carboxylic acids is 2. The molecule has 1 aromatic carbocycles. The first-order valence-electron chi connectivity index (χ1n) is 8.84. The number of aromatic nitrogens is 2. The highest BCUT2D eigenvalue weighted by Crippen LogP contribution is 2.17. The van der Waals surface area contributed by atoms with Crippen LogP contribution in [0, 0.1) is 5.92 Å². The van der Waals surface area contributed by atoms with E-state index >= 15 is 0 Å². The standard InChI is InChI=1S/C19H24N4O3/c1-22-12-9-20-17(22)18(24)21-13-15-7-10-23(11-8-15)19(25)26-14-16-5-3-2-4-6-16/h2-6,9,12,15H,7-8,10-11,13-14H2,1H3,(H,21,24). The lowest BCUT2D eigenvalue weighted by Gasteiger charge is -2.31. The lowest BCUT2D eigenvalue weighted by atomic mass is 9.97. The van der Waals surface area contributed by atoms with Crippen LogP contribution in [0.4, 0.5) is 4.79 Å². The van der Waals surface area contributed by atoms with Gasteiger partial charge in [0.05, 0.1) is 0 Å². The SMILES string of the molecule is Cn1ccnc1C(=O)NCC1CCN(C(=O)OCc2ccccc2)CC1. The van der Waals surface area contributed by atoms with E-state index in [2.05, 4.69) is 10.3 Å². The molecule has 0 bridgehead atoms. The summed E-state index contributed by atoms with van der Waals surface area (Å²) in [6.07, 6.45) is 4.77. The van der Waals surface area contributed by atoms with Gasteiger partial charge in [0.2, 0.25) is 0 Å². The number of imidazole rings is 1. The minimum atomic E-state index is -0.274. The van der Waals surface area contributed by atoms with Crippen molar-refractivity contribution in [2.45, 2.75) is 19.4 Å². The van der Waals surface area contributed by atoms with Crippen LogP contribution >= 0.6 is 0 Å². The number of rotatable bonds is 5. The maximum Gasteiger partial charge on any atom is 0.410 e. The molecule has 1 fully saturated rings. The molecule has 1 saturated heterocycles. The molecule has 1 N–H and O–H groups in total. The number of amides is 2. The van der Waals surface area contributed by atoms with Crippen LogP contribution in [0.5, 0.6) is 0 Å². The van der Waals surface area contributed by atoms with Gasteiger partial charge in [0.25, 0.3) is 5.91 Å². The van der Waals surface area contributed by atoms with E-state index in [1.165, 1.54) is 0 Å². The summed E-state index contributed by atoms with van der Waals surface area (Å²) in [6, 6.07) is 9.65. The molecule has 26 heavy (non-hydrogen) atoms. The van der Waals surface area contributed by atoms with Gasteiger partial charge in [-0.3, -0.25) is 4.79 Å². The largest absolute Gasteiger partial charge is 0.445 e. The van der Waals surface area contributed by atoms with E-state index in [-0.39, 0.29) is 12.0 Å². The second-order valence-corrected chi connectivity index (χ2v) is 6.54. The monoisotopic (exact) mass is 356 g/mol. The minimum absolute atomic E-state index is 0.165. The van der Waals surface area contributed by atoms with Gasteiger partial charge < -0.3 is 19.5 Å². The summed E-state index contributed by atoms with van der Waals surface area (Å²) >= 11 is 0. The predicted octanol–water partition coefficient (Wildman–Crippen LogP) is 2.20. The number of carbonyl (C=O) groups is 2. The highest BCUT2D eigenvalue weighted by atomic mass is 16.6. The van der Waals surface area contributed by atoms with Crippen molar-refractivity contribution in [2.24, 2.45) is 13.0 Å². The van der Waals surface area contributed by atoms with Crippen LogP contribution in [0.1, 0.15) is 29.0 Å². The average molecular weight is 356 g/mol. The second kappa shape index (κ2) is 8.51. The lowest BCUT2D eigenvalue weighted by Crippen LogP contribution is -2.42. The van der Waals surface area contributed by atoms with E-state index in [1.54, 1.807) is 28.9 Å². The van der Waals surface area contributed by atoms with Crippen LogP contribution in [-0.4, -0.2) is 46.1 Å². The van der Waals surface area contributed by atoms with Gasteiger partial charge in [-0.25, -0.2) is 9.78 Å². The van der Waals surface area contributed by atoms with E-state index in [4.69, 9.17) is 4.74 Å². The third-order valence-corrected chi connectivity index (χ3v) is 4.65. The fourth-order valence-electron chi connectivity index (χ4n) is 3.03. The molecule has 0 saturated carbocycles. The Balaban J connectivity index is 1.38. The van der Waals surface area contributed by atoms with Crippen molar-refractivity contribution in [3.63, 3.8) is 0 Å². The molecule has 2 heterocycles. The Bertz CT molecular complexity index is 736. The zero-order valence-electron chi connectivity index (χ0n) is 14.9. The molecule has 0 aliphatic carbocycles. The quantitative estimate of drug-likeness (QED) is 0.891. The van der Waals surface area contributed by atoms with Crippen molar-refractivity contribution in [3.8, 4) is 0 Å². The zero-order valence-corrected chi connectivity index (χ0v) is 14.9. The Kier molecular flexibility index (Phi) is 5.88. The summed E-state index contributed by atoms with van der Waals surface area (Å²) in [5, 5.41) is 2.93. The maximum absolute atomic E-state index is 12.2. The molecule has 7 nitrogen and oxygen atoms in total. The van der Waals surface area contributed by atoms with Gasteiger partial charge in [0.1, 0.15) is 6.61 Å². The summed E-state index contributed by atoms with van der Waals surface area (Å²) in [5.74, 6) is 0.603. The van der Waals surface area contributed by atoms with E-state index in [9.17, 15) is 9.59 Å². The topological polar surface area (TPSA) is 76.5 Å². The molecule has 7 heteroatoms. The number of benzene rings is 1. The number of nitrogens with one attached hydrogen (secondary N) is 1. The normalized spacial score (nSPS) is 14.9. The Labute approximate surface area is 153 Å². The molecule has 0 radical (unpaired) electrons. The van der Waals surface area contributed by atoms with E-state index < -0.39 is 0 Å². The lowest BCUT2D eigenvalue weighted by molar-refractivity contribution is 0.0798. The van der Waals surface area contributed by atoms with Gasteiger partial charge >= 0.3 is 6.09 Å². The highest BCUT2D eigenvalue weighted by molar-refractivity contribution is 5.90. The molecule has 1 aliphatic heterocycles. The van der Waals surface area contributed by atoms with Crippen LogP contribution in [-0.2, 0) is 18.4 Å². The summed E-state index contributed by atoms with van der Waals surface area (Å²) in [6.45, 7) is 2.19. The summed E-state index contributed by atoms with van der Waals surface area (Å²) in [4.78, 5) is 30.0. The molecule has 1 aliphatic rings. The van der Waals surface area contributed by atoms with Gasteiger partial charge in [-0.05, 0) is 24.3 Å². The Hall–Kier alpha value is -2.83. The molecule has 3 rings (SSSR count). The van der Waals surface area contributed by atoms with Gasteiger partial charge in [0.15, 0.2) is 5.82 Å². The molecule has 0 spiro atoms. The van der Waals surface area contributed by atoms with Crippen LogP contribution in [0.15, 0.2) is 42.7 Å². The molecular weight excluding hydrogens is 332 g/mol. The van der Waals surface area contributed by atoms with E-state index in [0.29, 0.717) is 38.0 Å². The Morgan fingerprint density at radius 1 is 1.23 bits per heavy atom. The Morgan fingerprint density at radius 2 is 1.96 bits per heavy atom. The van der Waals surface area contributed by atoms with Crippen molar-refractivity contribution in [1.82, 2.24) is 19.8 Å². The molecule has 2 aromatic rings. The van der Waals surface area contributed by atoms with Gasteiger partial charge in [-0.15, -0.1) is 0 Å². The number of hydrogen-bond donors (Lipinski definition) is 1. The number of piperidine rings is 1. The fourth-order valence-corrected chi connectivity index (χ4v) is 3.03. The highest BCUT2D eigenvalue weighted by Gasteiger charge is 2.24. The molecule has 138 valence electrons. The molecule has 1 aromatic heterocycles. The third-order valence-electron chi connectivity index (χ3n) is 4.65. The third kappa shape index (κ3) is 4.62. The van der Waals surface area contributed by atoms with Gasteiger partial charge in [-0.2, -0.15) is 0 Å². The van der Waals surface area contributed by atoms with E-state index in [0.717, 1.165) is 18.4 Å². The predicted molar refractivity (Wildman–Crippen MR) is 96.5 cm³/mol. The summed E-state index contributed by atoms with van der Waals surface area (Å²) < 4.78 is 7.06. The van der Waals surface area contributed by atoms with E-state index in [1.807, 2.05) is 30.3 Å².